The molecule has 0 aliphatic rings. The van der Waals surface area contributed by atoms with E-state index in [1.54, 1.807) is 18.4 Å². The highest BCUT2D eigenvalue weighted by Crippen LogP contribution is 2.20. The van der Waals surface area contributed by atoms with Gasteiger partial charge in [0.2, 0.25) is 0 Å². The van der Waals surface area contributed by atoms with Crippen LogP contribution in [0.15, 0.2) is 40.7 Å². The van der Waals surface area contributed by atoms with Crippen LogP contribution in [0.4, 0.5) is 0 Å². The van der Waals surface area contributed by atoms with Crippen LogP contribution >= 0.6 is 35.3 Å². The molecule has 8 heteroatoms. The molecule has 0 fully saturated rings. The second-order valence-electron chi connectivity index (χ2n) is 6.89. The van der Waals surface area contributed by atoms with E-state index >= 15 is 0 Å². The largest absolute Gasteiger partial charge is 0.377 e. The molecule has 1 atom stereocenters. The van der Waals surface area contributed by atoms with Gasteiger partial charge in [-0.2, -0.15) is 0 Å². The topological polar surface area (TPSA) is 59.0 Å². The summed E-state index contributed by atoms with van der Waals surface area (Å²) in [6, 6.07) is 10.3. The van der Waals surface area contributed by atoms with E-state index < -0.39 is 0 Å². The molecule has 0 bridgehead atoms. The minimum absolute atomic E-state index is 0. The monoisotopic (exact) mass is 546 g/mol. The van der Waals surface area contributed by atoms with E-state index in [0.29, 0.717) is 6.61 Å². The lowest BCUT2D eigenvalue weighted by molar-refractivity contribution is 0.117. The summed E-state index contributed by atoms with van der Waals surface area (Å²) in [5.41, 5.74) is 2.25. The average molecular weight is 547 g/mol. The van der Waals surface area contributed by atoms with Gasteiger partial charge in [-0.3, -0.25) is 4.99 Å². The highest BCUT2D eigenvalue weighted by molar-refractivity contribution is 14.0. The minimum atomic E-state index is 0. The van der Waals surface area contributed by atoms with E-state index in [1.807, 2.05) is 32.2 Å². The Balaban J connectivity index is 0.00000450. The third-order valence-electron chi connectivity index (χ3n) is 4.44. The molecule has 0 spiro atoms. The first-order chi connectivity index (χ1) is 14.1. The van der Waals surface area contributed by atoms with Crippen LogP contribution in [0.1, 0.15) is 49.1 Å². The van der Waals surface area contributed by atoms with E-state index in [0.717, 1.165) is 55.7 Å². The number of aliphatic imine (C=N–C) groups is 1. The lowest BCUT2D eigenvalue weighted by Crippen LogP contribution is -2.38. The van der Waals surface area contributed by atoms with Crippen LogP contribution in [-0.4, -0.2) is 49.7 Å². The number of halogens is 1. The molecule has 2 aromatic rings. The summed E-state index contributed by atoms with van der Waals surface area (Å²) in [4.78, 5) is 11.5. The normalized spacial score (nSPS) is 12.3. The van der Waals surface area contributed by atoms with Gasteiger partial charge < -0.3 is 19.7 Å². The fraction of sp³-hybridized carbons (Fsp3) is 0.545. The number of nitrogens with one attached hydrogen (secondary N) is 1. The molecule has 30 heavy (non-hydrogen) atoms. The molecule has 1 aromatic carbocycles. The van der Waals surface area contributed by atoms with Crippen molar-refractivity contribution in [3.63, 3.8) is 0 Å². The lowest BCUT2D eigenvalue weighted by Gasteiger charge is -2.21. The Labute approximate surface area is 202 Å². The predicted molar refractivity (Wildman–Crippen MR) is 136 cm³/mol. The number of nitrogens with zero attached hydrogens (tertiary/aromatic N) is 3. The van der Waals surface area contributed by atoms with Gasteiger partial charge in [-0.1, -0.05) is 30.3 Å². The molecule has 1 aromatic heterocycles. The van der Waals surface area contributed by atoms with Gasteiger partial charge in [0.25, 0.3) is 0 Å². The summed E-state index contributed by atoms with van der Waals surface area (Å²) < 4.78 is 11.1. The Morgan fingerprint density at radius 1 is 1.27 bits per heavy atom. The Kier molecular flexibility index (Phi) is 13.9. The van der Waals surface area contributed by atoms with Gasteiger partial charge in [0.1, 0.15) is 11.1 Å². The van der Waals surface area contributed by atoms with E-state index in [-0.39, 0.29) is 30.1 Å². The number of rotatable bonds is 12. The summed E-state index contributed by atoms with van der Waals surface area (Å²) in [7, 11) is 3.75. The number of aromatic nitrogens is 1. The van der Waals surface area contributed by atoms with Crippen LogP contribution in [0.5, 0.6) is 0 Å². The molecule has 0 amide bonds. The van der Waals surface area contributed by atoms with Gasteiger partial charge in [0.15, 0.2) is 5.96 Å². The zero-order chi connectivity index (χ0) is 20.9. The van der Waals surface area contributed by atoms with Gasteiger partial charge in [-0.25, -0.2) is 4.98 Å². The van der Waals surface area contributed by atoms with E-state index in [9.17, 15) is 0 Å². The van der Waals surface area contributed by atoms with Crippen molar-refractivity contribution < 1.29 is 9.47 Å². The minimum Gasteiger partial charge on any atom is -0.377 e. The van der Waals surface area contributed by atoms with Gasteiger partial charge in [0.05, 0.1) is 18.8 Å². The molecule has 1 heterocycles. The summed E-state index contributed by atoms with van der Waals surface area (Å²) in [5.74, 6) is 0.909. The van der Waals surface area contributed by atoms with Crippen LogP contribution in [0.25, 0.3) is 0 Å². The molecule has 0 radical (unpaired) electrons. The van der Waals surface area contributed by atoms with Crippen LogP contribution in [0.3, 0.4) is 0 Å². The molecular weight excluding hydrogens is 511 g/mol. The third-order valence-corrected chi connectivity index (χ3v) is 5.49. The summed E-state index contributed by atoms with van der Waals surface area (Å²) in [6.07, 6.45) is 2.04. The highest BCUT2D eigenvalue weighted by atomic mass is 127. The highest BCUT2D eigenvalue weighted by Gasteiger charge is 2.12. The zero-order valence-corrected chi connectivity index (χ0v) is 21.6. The van der Waals surface area contributed by atoms with E-state index in [1.165, 1.54) is 5.56 Å². The Bertz CT molecular complexity index is 727. The summed E-state index contributed by atoms with van der Waals surface area (Å²) in [6.45, 7) is 7.88. The molecule has 0 aliphatic carbocycles. The standard InChI is InChI=1S/C22H34N4O2S.HI/c1-5-23-22(26(3)15-20-17-29-21(25-20)18(2)27-4)24-13-9-10-14-28-16-19-11-7-6-8-12-19;/h6-8,11-12,17-18H,5,9-10,13-16H2,1-4H3,(H,23,24);1H. The van der Waals surface area contributed by atoms with Crippen molar-refractivity contribution in [1.29, 1.82) is 0 Å². The third kappa shape index (κ3) is 9.72. The zero-order valence-electron chi connectivity index (χ0n) is 18.5. The number of thiazole rings is 1. The maximum Gasteiger partial charge on any atom is 0.194 e. The van der Waals surface area contributed by atoms with Crippen LogP contribution < -0.4 is 5.32 Å². The number of guanidine groups is 1. The number of unbranched alkanes of at least 4 members (excludes halogenated alkanes) is 1. The van der Waals surface area contributed by atoms with Crippen molar-refractivity contribution >= 4 is 41.3 Å². The van der Waals surface area contributed by atoms with Crippen LogP contribution in [-0.2, 0) is 22.6 Å². The van der Waals surface area contributed by atoms with Crippen LogP contribution in [0, 0.1) is 0 Å². The summed E-state index contributed by atoms with van der Waals surface area (Å²) >= 11 is 1.64. The number of methoxy groups -OCH3 is 1. The van der Waals surface area contributed by atoms with E-state index in [2.05, 4.69) is 39.6 Å². The smallest absolute Gasteiger partial charge is 0.194 e. The number of ether oxygens (including phenoxy) is 2. The first kappa shape index (κ1) is 26.8. The van der Waals surface area contributed by atoms with E-state index in [4.69, 9.17) is 14.5 Å². The molecule has 1 N–H and O–H groups in total. The quantitative estimate of drug-likeness (QED) is 0.178. The predicted octanol–water partition coefficient (Wildman–Crippen LogP) is 4.86. The second-order valence-corrected chi connectivity index (χ2v) is 7.78. The maximum absolute atomic E-state index is 5.74. The van der Waals surface area contributed by atoms with Gasteiger partial charge in [-0.15, -0.1) is 35.3 Å². The van der Waals surface area contributed by atoms with Crippen molar-refractivity contribution in [2.75, 3.05) is 33.9 Å². The van der Waals surface area contributed by atoms with Gasteiger partial charge in [-0.05, 0) is 32.3 Å². The van der Waals surface area contributed by atoms with Crippen LogP contribution in [0.2, 0.25) is 0 Å². The van der Waals surface area contributed by atoms with Crippen molar-refractivity contribution in [3.8, 4) is 0 Å². The van der Waals surface area contributed by atoms with Crippen molar-refractivity contribution in [2.24, 2.45) is 4.99 Å². The average Bonchev–Trinajstić information content (AvgIpc) is 3.20. The van der Waals surface area contributed by atoms with Crippen molar-refractivity contribution in [1.82, 2.24) is 15.2 Å². The number of hydrogen-bond donors (Lipinski definition) is 1. The fourth-order valence-electron chi connectivity index (χ4n) is 2.74. The Hall–Kier alpha value is -1.23. The molecule has 6 nitrogen and oxygen atoms in total. The van der Waals surface area contributed by atoms with Gasteiger partial charge in [0, 0.05) is 39.2 Å². The van der Waals surface area contributed by atoms with Crippen molar-refractivity contribution in [2.45, 2.75) is 45.9 Å². The summed E-state index contributed by atoms with van der Waals surface area (Å²) in [5, 5.41) is 6.46. The number of benzene rings is 1. The fourth-order valence-corrected chi connectivity index (χ4v) is 3.58. The molecule has 1 unspecified atom stereocenters. The first-order valence-corrected chi connectivity index (χ1v) is 11.1. The molecule has 0 saturated carbocycles. The Morgan fingerprint density at radius 2 is 2.03 bits per heavy atom. The number of hydrogen-bond acceptors (Lipinski definition) is 5. The van der Waals surface area contributed by atoms with Gasteiger partial charge >= 0.3 is 0 Å². The second kappa shape index (κ2) is 15.6. The lowest BCUT2D eigenvalue weighted by atomic mass is 10.2. The molecule has 2 rings (SSSR count). The SMILES string of the molecule is CCNC(=NCCCCOCc1ccccc1)N(C)Cc1csc(C(C)OC)n1.I. The Morgan fingerprint density at radius 3 is 2.73 bits per heavy atom. The molecule has 168 valence electrons. The van der Waals surface area contributed by atoms with Crippen molar-refractivity contribution in [3.05, 3.63) is 52.0 Å². The molecule has 0 aliphatic heterocycles. The molecule has 0 saturated heterocycles. The first-order valence-electron chi connectivity index (χ1n) is 10.2. The maximum atomic E-state index is 5.74. The molecular formula is C22H35IN4O2S.